The van der Waals surface area contributed by atoms with Gasteiger partial charge in [0.25, 0.3) is 11.8 Å². The highest BCUT2D eigenvalue weighted by Crippen LogP contribution is 2.30. The zero-order chi connectivity index (χ0) is 28.9. The summed E-state index contributed by atoms with van der Waals surface area (Å²) in [5.41, 5.74) is 11.1. The first-order valence-corrected chi connectivity index (χ1v) is 13.9. The number of carbonyl (C=O) groups excluding carboxylic acids is 2. The van der Waals surface area contributed by atoms with Gasteiger partial charge in [0.1, 0.15) is 5.82 Å². The van der Waals surface area contributed by atoms with E-state index in [1.54, 1.807) is 31.5 Å². The second-order valence-electron chi connectivity index (χ2n) is 10.7. The van der Waals surface area contributed by atoms with Crippen LogP contribution in [0.1, 0.15) is 43.3 Å². The number of aliphatic imine (C=N–C) groups is 1. The number of nitrogens with two attached hydrogens (primary N) is 1. The summed E-state index contributed by atoms with van der Waals surface area (Å²) in [5, 5.41) is 2.97. The van der Waals surface area contributed by atoms with Crippen molar-refractivity contribution in [3.05, 3.63) is 101 Å². The Kier molecular flexibility index (Phi) is 8.45. The average Bonchev–Trinajstić information content (AvgIpc) is 2.97. The first-order chi connectivity index (χ1) is 19.9. The van der Waals surface area contributed by atoms with Gasteiger partial charge >= 0.3 is 0 Å². The fraction of sp³-hybridized carbons (Fsp3) is 0.312. The molecule has 41 heavy (non-hydrogen) atoms. The highest BCUT2D eigenvalue weighted by atomic mass is 16.2. The maximum atomic E-state index is 13.2. The molecule has 0 saturated carbocycles. The summed E-state index contributed by atoms with van der Waals surface area (Å²) in [6.07, 6.45) is 4.88. The van der Waals surface area contributed by atoms with Crippen molar-refractivity contribution in [1.82, 2.24) is 14.8 Å². The predicted molar refractivity (Wildman–Crippen MR) is 164 cm³/mol. The van der Waals surface area contributed by atoms with Crippen LogP contribution < -0.4 is 16.0 Å². The summed E-state index contributed by atoms with van der Waals surface area (Å²) < 4.78 is 0. The van der Waals surface area contributed by atoms with Gasteiger partial charge in [-0.05, 0) is 67.2 Å². The van der Waals surface area contributed by atoms with Gasteiger partial charge in [0.05, 0.1) is 11.3 Å². The Morgan fingerprint density at radius 2 is 1.66 bits per heavy atom. The maximum absolute atomic E-state index is 13.2. The predicted octanol–water partition coefficient (Wildman–Crippen LogP) is 3.53. The Hall–Kier alpha value is -4.50. The molecule has 0 aliphatic carbocycles. The first kappa shape index (κ1) is 28.0. The molecule has 0 radical (unpaired) electrons. The van der Waals surface area contributed by atoms with E-state index in [0.29, 0.717) is 29.9 Å². The minimum atomic E-state index is -0.249. The first-order valence-electron chi connectivity index (χ1n) is 13.9. The number of likely N-dealkylation sites (tertiary alicyclic amines) is 1. The average molecular weight is 552 g/mol. The zero-order valence-electron chi connectivity index (χ0n) is 23.9. The fourth-order valence-electron chi connectivity index (χ4n) is 5.18. The molecule has 0 atom stereocenters. The van der Waals surface area contributed by atoms with Gasteiger partial charge in [0.2, 0.25) is 0 Å². The Morgan fingerprint density at radius 3 is 2.29 bits per heavy atom. The number of carbonyl (C=O) groups is 2. The number of rotatable bonds is 7. The van der Waals surface area contributed by atoms with Crippen LogP contribution in [0.4, 0.5) is 11.5 Å². The van der Waals surface area contributed by atoms with Crippen molar-refractivity contribution in [2.24, 2.45) is 10.7 Å². The van der Waals surface area contributed by atoms with Crippen LogP contribution in [0.25, 0.3) is 0 Å². The number of aryl methyl sites for hydroxylation is 1. The molecule has 2 saturated heterocycles. The van der Waals surface area contributed by atoms with E-state index in [-0.39, 0.29) is 17.7 Å². The van der Waals surface area contributed by atoms with Crippen LogP contribution in [0.3, 0.4) is 0 Å². The Labute approximate surface area is 241 Å². The quantitative estimate of drug-likeness (QED) is 0.435. The molecule has 9 heteroatoms. The summed E-state index contributed by atoms with van der Waals surface area (Å²) in [6, 6.07) is 17.4. The van der Waals surface area contributed by atoms with Crippen molar-refractivity contribution >= 4 is 29.0 Å². The van der Waals surface area contributed by atoms with Crippen LogP contribution in [0.5, 0.6) is 0 Å². The molecule has 0 unspecified atom stereocenters. The number of piperazine rings is 1. The van der Waals surface area contributed by atoms with Crippen molar-refractivity contribution in [3.8, 4) is 0 Å². The van der Waals surface area contributed by atoms with Crippen molar-refractivity contribution in [3.63, 3.8) is 0 Å². The zero-order valence-corrected chi connectivity index (χ0v) is 23.9. The summed E-state index contributed by atoms with van der Waals surface area (Å²) in [7, 11) is 3.86. The number of anilines is 2. The van der Waals surface area contributed by atoms with Crippen molar-refractivity contribution in [2.45, 2.75) is 12.8 Å². The number of benzene rings is 2. The van der Waals surface area contributed by atoms with Crippen LogP contribution in [0.2, 0.25) is 0 Å². The second-order valence-corrected chi connectivity index (χ2v) is 10.7. The Morgan fingerprint density at radius 1 is 0.976 bits per heavy atom. The highest BCUT2D eigenvalue weighted by molar-refractivity contribution is 6.08. The number of likely N-dealkylation sites (N-methyl/N-ethyl adjacent to an activating group) is 1. The SMILES string of the molecule is CN=C(C=CN)c1ccc(C2CN(C(=O)c3ccc(C)c(NC(=O)c4ccc(N5CCN(C)CC5)nc4)c3)C2)cc1. The third-order valence-corrected chi connectivity index (χ3v) is 7.91. The van der Waals surface area contributed by atoms with Crippen molar-refractivity contribution in [2.75, 3.05) is 63.6 Å². The normalized spacial score (nSPS) is 16.6. The highest BCUT2D eigenvalue weighted by Gasteiger charge is 2.32. The van der Waals surface area contributed by atoms with Crippen LogP contribution >= 0.6 is 0 Å². The van der Waals surface area contributed by atoms with Crippen LogP contribution in [-0.2, 0) is 0 Å². The number of hydrogen-bond acceptors (Lipinski definition) is 7. The summed E-state index contributed by atoms with van der Waals surface area (Å²) >= 11 is 0. The smallest absolute Gasteiger partial charge is 0.257 e. The van der Waals surface area contributed by atoms with Gasteiger partial charge < -0.3 is 25.8 Å². The Balaban J connectivity index is 1.19. The standard InChI is InChI=1S/C32H37N7O2/c1-22-4-5-25(32(41)39-20-27(21-39)23-6-8-24(9-7-23)28(34-2)12-13-33)18-29(22)36-31(40)26-10-11-30(35-19-26)38-16-14-37(3)15-17-38/h4-13,18-19,27H,14-17,20-21,33H2,1-3H3,(H,36,40). The number of amides is 2. The minimum absolute atomic E-state index is 0.0416. The number of hydrogen-bond donors (Lipinski definition) is 2. The van der Waals surface area contributed by atoms with E-state index in [9.17, 15) is 9.59 Å². The lowest BCUT2D eigenvalue weighted by Crippen LogP contribution is -2.48. The monoisotopic (exact) mass is 551 g/mol. The lowest BCUT2D eigenvalue weighted by Gasteiger charge is -2.39. The molecule has 5 rings (SSSR count). The van der Waals surface area contributed by atoms with Gasteiger partial charge in [-0.15, -0.1) is 0 Å². The van der Waals surface area contributed by atoms with E-state index in [2.05, 4.69) is 44.3 Å². The molecule has 3 heterocycles. The van der Waals surface area contributed by atoms with Gasteiger partial charge in [0.15, 0.2) is 0 Å². The molecule has 9 nitrogen and oxygen atoms in total. The molecular formula is C32H37N7O2. The van der Waals surface area contributed by atoms with E-state index in [4.69, 9.17) is 5.73 Å². The van der Waals surface area contributed by atoms with E-state index < -0.39 is 0 Å². The molecule has 3 aromatic rings. The molecular weight excluding hydrogens is 514 g/mol. The molecule has 2 aliphatic heterocycles. The van der Waals surface area contributed by atoms with Crippen molar-refractivity contribution < 1.29 is 9.59 Å². The minimum Gasteiger partial charge on any atom is -0.405 e. The number of allylic oxidation sites excluding steroid dienone is 1. The number of nitrogens with zero attached hydrogens (tertiary/aromatic N) is 5. The summed E-state index contributed by atoms with van der Waals surface area (Å²) in [5.74, 6) is 0.873. The summed E-state index contributed by atoms with van der Waals surface area (Å²) in [6.45, 7) is 7.04. The van der Waals surface area contributed by atoms with Gasteiger partial charge in [-0.1, -0.05) is 30.3 Å². The number of aromatic nitrogens is 1. The molecule has 212 valence electrons. The van der Waals surface area contributed by atoms with Crippen LogP contribution in [0.15, 0.2) is 78.1 Å². The third kappa shape index (κ3) is 6.30. The number of nitrogens with one attached hydrogen (secondary N) is 1. The van der Waals surface area contributed by atoms with E-state index in [0.717, 1.165) is 48.8 Å². The van der Waals surface area contributed by atoms with Gasteiger partial charge in [-0.3, -0.25) is 14.6 Å². The fourth-order valence-corrected chi connectivity index (χ4v) is 5.18. The molecule has 0 spiro atoms. The maximum Gasteiger partial charge on any atom is 0.257 e. The topological polar surface area (TPSA) is 107 Å². The third-order valence-electron chi connectivity index (χ3n) is 7.91. The van der Waals surface area contributed by atoms with Crippen LogP contribution in [0, 0.1) is 6.92 Å². The van der Waals surface area contributed by atoms with E-state index >= 15 is 0 Å². The molecule has 2 aromatic carbocycles. The molecule has 1 aromatic heterocycles. The lowest BCUT2D eigenvalue weighted by atomic mass is 9.90. The van der Waals surface area contributed by atoms with Crippen molar-refractivity contribution in [1.29, 1.82) is 0 Å². The van der Waals surface area contributed by atoms with E-state index in [1.807, 2.05) is 42.2 Å². The van der Waals surface area contributed by atoms with Gasteiger partial charge in [-0.25, -0.2) is 4.98 Å². The molecule has 0 bridgehead atoms. The van der Waals surface area contributed by atoms with Gasteiger partial charge in [-0.2, -0.15) is 0 Å². The van der Waals surface area contributed by atoms with E-state index in [1.165, 1.54) is 11.8 Å². The second kappa shape index (κ2) is 12.3. The molecule has 2 aliphatic rings. The molecule has 2 amide bonds. The number of pyridine rings is 1. The van der Waals surface area contributed by atoms with Gasteiger partial charge in [0, 0.05) is 69.7 Å². The summed E-state index contributed by atoms with van der Waals surface area (Å²) in [4.78, 5) is 41.4. The lowest BCUT2D eigenvalue weighted by molar-refractivity contribution is 0.0602. The van der Waals surface area contributed by atoms with Crippen LogP contribution in [-0.4, -0.2) is 85.7 Å². The molecule has 3 N–H and O–H groups in total. The Bertz CT molecular complexity index is 1450. The largest absolute Gasteiger partial charge is 0.405 e. The molecule has 2 fully saturated rings.